The van der Waals surface area contributed by atoms with Gasteiger partial charge >= 0.3 is 12.1 Å². The Kier molecular flexibility index (Phi) is 9.72. The second-order valence-corrected chi connectivity index (χ2v) is 17.2. The van der Waals surface area contributed by atoms with E-state index in [1.165, 1.54) is 4.90 Å². The Bertz CT molecular complexity index is 2020. The first-order valence-corrected chi connectivity index (χ1v) is 19.6. The van der Waals surface area contributed by atoms with Crippen molar-refractivity contribution in [3.05, 3.63) is 56.7 Å². The summed E-state index contributed by atoms with van der Waals surface area (Å²) >= 11 is 6.70. The lowest BCUT2D eigenvalue weighted by Gasteiger charge is -2.43. The summed E-state index contributed by atoms with van der Waals surface area (Å²) in [6.07, 6.45) is 3.51. The van der Waals surface area contributed by atoms with Crippen molar-refractivity contribution in [3.63, 3.8) is 0 Å². The minimum Gasteiger partial charge on any atom is -0.461 e. The Hall–Kier alpha value is -4.08. The van der Waals surface area contributed by atoms with Crippen LogP contribution in [0.5, 0.6) is 6.01 Å². The molecule has 1 aromatic carbocycles. The number of hydrogen-bond donors (Lipinski definition) is 1. The fraction of sp³-hybridized carbons (Fsp3) is 0.615. The number of halogens is 3. The number of alkyl halides is 1. The van der Waals surface area contributed by atoms with Crippen LogP contribution < -0.4 is 15.0 Å². The lowest BCUT2D eigenvalue weighted by Crippen LogP contribution is -2.44. The smallest absolute Gasteiger partial charge is 0.412 e. The molecule has 2 amide bonds. The quantitative estimate of drug-likeness (QED) is 0.310. The molecule has 5 aliphatic rings. The van der Waals surface area contributed by atoms with E-state index in [1.807, 2.05) is 10.7 Å². The van der Waals surface area contributed by atoms with E-state index in [4.69, 9.17) is 35.8 Å². The van der Waals surface area contributed by atoms with E-state index in [2.05, 4.69) is 20.2 Å². The van der Waals surface area contributed by atoms with Crippen molar-refractivity contribution in [2.75, 3.05) is 50.6 Å². The Morgan fingerprint density at radius 2 is 1.93 bits per heavy atom. The minimum atomic E-state index is -0.919. The second kappa shape index (κ2) is 14.1. The summed E-state index contributed by atoms with van der Waals surface area (Å²) in [5.41, 5.74) is 1.97. The molecule has 1 N–H and O–H groups in total. The van der Waals surface area contributed by atoms with Crippen LogP contribution in [0.25, 0.3) is 0 Å². The lowest BCUT2D eigenvalue weighted by molar-refractivity contribution is -0.0855. The first-order chi connectivity index (χ1) is 26.1. The van der Waals surface area contributed by atoms with Crippen LogP contribution in [-0.4, -0.2) is 99.2 Å². The van der Waals surface area contributed by atoms with Gasteiger partial charge in [0, 0.05) is 52.1 Å². The highest BCUT2D eigenvalue weighted by Crippen LogP contribution is 2.49. The Morgan fingerprint density at radius 1 is 1.11 bits per heavy atom. The van der Waals surface area contributed by atoms with E-state index in [9.17, 15) is 14.0 Å². The highest BCUT2D eigenvalue weighted by Gasteiger charge is 2.50. The molecular weight excluding hydrogens is 734 g/mol. The van der Waals surface area contributed by atoms with Crippen LogP contribution in [-0.2, 0) is 47.6 Å². The molecule has 2 aromatic heterocycles. The standard InChI is InChI=1S/C39H49ClF2N8O5/c1-37(2,3)55-36(52)44-28-16-27-25(31(40)32(28)42)9-6-11-39(27)18-30-26(21-54-39)33(45-35(43-30)53-22-38-10-7-13-49(38)19-23(41)17-38)48-12-8-14-50-24(20-48)15-29(46-50)34(51)47(4)5/h15-16,23H,6-14,17-22H2,1-5H3,(H,44,52)/t23-,38+,39?/m1/s1. The molecule has 3 atom stereocenters. The molecule has 4 aliphatic heterocycles. The van der Waals surface area contributed by atoms with Gasteiger partial charge in [-0.25, -0.2) is 13.6 Å². The number of carbonyl (C=O) groups excluding carboxylic acids is 2. The van der Waals surface area contributed by atoms with E-state index >= 15 is 4.39 Å². The van der Waals surface area contributed by atoms with Crippen LogP contribution in [0.3, 0.4) is 0 Å². The van der Waals surface area contributed by atoms with Gasteiger partial charge in [0.1, 0.15) is 24.2 Å². The first-order valence-electron chi connectivity index (χ1n) is 19.2. The van der Waals surface area contributed by atoms with Gasteiger partial charge < -0.3 is 24.0 Å². The number of fused-ring (bicyclic) bond motifs is 5. The third kappa shape index (κ3) is 7.12. The van der Waals surface area contributed by atoms with Gasteiger partial charge in [0.25, 0.3) is 5.91 Å². The van der Waals surface area contributed by atoms with E-state index < -0.39 is 34.8 Å². The topological polar surface area (TPSA) is 127 Å². The number of nitrogens with zero attached hydrogens (tertiary/aromatic N) is 7. The molecule has 3 aromatic rings. The third-order valence-electron chi connectivity index (χ3n) is 11.6. The van der Waals surface area contributed by atoms with Crippen molar-refractivity contribution in [1.82, 2.24) is 29.5 Å². The monoisotopic (exact) mass is 782 g/mol. The molecule has 1 unspecified atom stereocenters. The second-order valence-electron chi connectivity index (χ2n) is 16.9. The van der Waals surface area contributed by atoms with Crippen molar-refractivity contribution < 1.29 is 32.6 Å². The zero-order valence-electron chi connectivity index (χ0n) is 32.1. The molecule has 296 valence electrons. The summed E-state index contributed by atoms with van der Waals surface area (Å²) < 4.78 is 51.1. The maximum absolute atomic E-state index is 15.7. The van der Waals surface area contributed by atoms with Crippen molar-refractivity contribution in [1.29, 1.82) is 0 Å². The fourth-order valence-electron chi connectivity index (χ4n) is 9.11. The predicted molar refractivity (Wildman–Crippen MR) is 201 cm³/mol. The number of aromatic nitrogens is 4. The molecule has 8 rings (SSSR count). The van der Waals surface area contributed by atoms with Gasteiger partial charge in [-0.3, -0.25) is 19.7 Å². The highest BCUT2D eigenvalue weighted by atomic mass is 35.5. The Balaban J connectivity index is 1.16. The molecule has 13 nitrogen and oxygen atoms in total. The Morgan fingerprint density at radius 3 is 2.71 bits per heavy atom. The molecule has 0 bridgehead atoms. The SMILES string of the molecule is CN(C)C(=O)c1cc2n(n1)CCCN(c1nc(OC[C@@]34CCCN3C[C@H](F)C4)nc3c1COC1(CCCc4c1cc(NC(=O)OC(C)(C)C)c(F)c4Cl)C3)C2. The zero-order valence-corrected chi connectivity index (χ0v) is 32.9. The maximum Gasteiger partial charge on any atom is 0.412 e. The summed E-state index contributed by atoms with van der Waals surface area (Å²) in [5.74, 6) is -0.222. The molecule has 16 heteroatoms. The molecule has 55 heavy (non-hydrogen) atoms. The van der Waals surface area contributed by atoms with Crippen LogP contribution in [0.15, 0.2) is 12.1 Å². The van der Waals surface area contributed by atoms with Gasteiger partial charge in [0.15, 0.2) is 11.5 Å². The average molecular weight is 783 g/mol. The molecule has 1 aliphatic carbocycles. The molecule has 0 radical (unpaired) electrons. The van der Waals surface area contributed by atoms with Crippen LogP contribution in [0.1, 0.15) is 97.9 Å². The van der Waals surface area contributed by atoms with E-state index in [0.717, 1.165) is 42.8 Å². The van der Waals surface area contributed by atoms with Gasteiger partial charge in [-0.15, -0.1) is 0 Å². The van der Waals surface area contributed by atoms with Gasteiger partial charge in [-0.2, -0.15) is 15.1 Å². The lowest BCUT2D eigenvalue weighted by atomic mass is 9.74. The van der Waals surface area contributed by atoms with E-state index in [1.54, 1.807) is 40.9 Å². The number of hydrogen-bond acceptors (Lipinski definition) is 10. The number of carbonyl (C=O) groups is 2. The van der Waals surface area contributed by atoms with E-state index in [-0.39, 0.29) is 35.8 Å². The van der Waals surface area contributed by atoms with Crippen molar-refractivity contribution in [2.45, 2.75) is 115 Å². The number of nitrogens with one attached hydrogen (secondary N) is 1. The van der Waals surface area contributed by atoms with E-state index in [0.29, 0.717) is 80.9 Å². The number of anilines is 2. The number of amides is 2. The summed E-state index contributed by atoms with van der Waals surface area (Å²) in [4.78, 5) is 41.5. The molecule has 6 heterocycles. The van der Waals surface area contributed by atoms with Crippen LogP contribution >= 0.6 is 11.6 Å². The van der Waals surface area contributed by atoms with Crippen molar-refractivity contribution in [3.8, 4) is 6.01 Å². The molecule has 2 saturated heterocycles. The predicted octanol–water partition coefficient (Wildman–Crippen LogP) is 6.18. The van der Waals surface area contributed by atoms with Gasteiger partial charge in [0.2, 0.25) is 0 Å². The number of benzene rings is 1. The number of ether oxygens (including phenoxy) is 3. The average Bonchev–Trinajstić information content (AvgIpc) is 3.75. The summed E-state index contributed by atoms with van der Waals surface area (Å²) in [6.45, 7) is 8.63. The van der Waals surface area contributed by atoms with Crippen molar-refractivity contribution in [2.24, 2.45) is 0 Å². The normalized spacial score (nSPS) is 24.8. The first kappa shape index (κ1) is 37.8. The van der Waals surface area contributed by atoms with Crippen LogP contribution in [0, 0.1) is 5.82 Å². The van der Waals surface area contributed by atoms with Crippen LogP contribution in [0.2, 0.25) is 5.02 Å². The molecular formula is C39H49ClF2N8O5. The zero-order chi connectivity index (χ0) is 38.9. The largest absolute Gasteiger partial charge is 0.461 e. The summed E-state index contributed by atoms with van der Waals surface area (Å²) in [6, 6.07) is 3.66. The molecule has 2 fully saturated rings. The Labute approximate surface area is 324 Å². The number of aryl methyl sites for hydroxylation is 1. The molecule has 1 spiro atoms. The molecule has 0 saturated carbocycles. The fourth-order valence-corrected chi connectivity index (χ4v) is 9.41. The van der Waals surface area contributed by atoms with Crippen LogP contribution in [0.4, 0.5) is 25.1 Å². The van der Waals surface area contributed by atoms with Gasteiger partial charge in [-0.05, 0) is 89.1 Å². The minimum absolute atomic E-state index is 0.0548. The number of rotatable bonds is 6. The third-order valence-corrected chi connectivity index (χ3v) is 12.0. The summed E-state index contributed by atoms with van der Waals surface area (Å²) in [7, 11) is 3.41. The van der Waals surface area contributed by atoms with Gasteiger partial charge in [-0.1, -0.05) is 11.6 Å². The maximum atomic E-state index is 15.7. The highest BCUT2D eigenvalue weighted by molar-refractivity contribution is 6.32. The summed E-state index contributed by atoms with van der Waals surface area (Å²) in [5, 5.41) is 7.13. The van der Waals surface area contributed by atoms with Gasteiger partial charge in [0.05, 0.1) is 46.4 Å². The van der Waals surface area contributed by atoms with Crippen molar-refractivity contribution >= 4 is 35.1 Å².